The summed E-state index contributed by atoms with van der Waals surface area (Å²) in [5.41, 5.74) is 0. The number of nitrogens with zero attached hydrogens (tertiary/aromatic N) is 1. The third kappa shape index (κ3) is 4.64. The maximum atomic E-state index is 12.3. The topological polar surface area (TPSA) is 52.6 Å². The largest absolute Gasteiger partial charge is 0.395 e. The van der Waals surface area contributed by atoms with Gasteiger partial charge in [-0.05, 0) is 31.7 Å². The van der Waals surface area contributed by atoms with E-state index < -0.39 is 0 Å². The fraction of sp³-hybridized carbons (Fsp3) is 0.923. The van der Waals surface area contributed by atoms with E-state index in [4.69, 9.17) is 5.11 Å². The average Bonchev–Trinajstić information content (AvgIpc) is 2.33. The molecule has 0 aromatic carbocycles. The Morgan fingerprint density at radius 3 is 2.82 bits per heavy atom. The lowest BCUT2D eigenvalue weighted by molar-refractivity contribution is -0.135. The van der Waals surface area contributed by atoms with E-state index in [1.807, 2.05) is 0 Å². The van der Waals surface area contributed by atoms with Gasteiger partial charge in [0.15, 0.2) is 0 Å². The van der Waals surface area contributed by atoms with Crippen molar-refractivity contribution in [2.75, 3.05) is 26.2 Å². The summed E-state index contributed by atoms with van der Waals surface area (Å²) in [7, 11) is 0. The normalized spacial score (nSPS) is 24.6. The molecule has 1 saturated heterocycles. The summed E-state index contributed by atoms with van der Waals surface area (Å²) < 4.78 is 0. The number of unbranched alkanes of at least 4 members (excludes halogenated alkanes) is 1. The molecule has 1 heterocycles. The first kappa shape index (κ1) is 14.5. The van der Waals surface area contributed by atoms with E-state index in [0.29, 0.717) is 12.5 Å². The van der Waals surface area contributed by atoms with Crippen molar-refractivity contribution in [1.29, 1.82) is 0 Å². The predicted molar refractivity (Wildman–Crippen MR) is 68.8 cm³/mol. The van der Waals surface area contributed by atoms with Gasteiger partial charge in [0, 0.05) is 13.1 Å². The monoisotopic (exact) mass is 242 g/mol. The van der Waals surface area contributed by atoms with E-state index in [2.05, 4.69) is 19.2 Å². The third-order valence-electron chi connectivity index (χ3n) is 3.43. The third-order valence-corrected chi connectivity index (χ3v) is 3.43. The van der Waals surface area contributed by atoms with E-state index in [9.17, 15) is 4.79 Å². The second kappa shape index (κ2) is 7.67. The Morgan fingerprint density at radius 1 is 1.47 bits per heavy atom. The van der Waals surface area contributed by atoms with Crippen LogP contribution in [0.5, 0.6) is 0 Å². The Labute approximate surface area is 104 Å². The van der Waals surface area contributed by atoms with Crippen LogP contribution in [0, 0.1) is 5.92 Å². The highest BCUT2D eigenvalue weighted by Gasteiger charge is 2.27. The number of aliphatic hydroxyl groups is 1. The molecule has 1 rings (SSSR count). The van der Waals surface area contributed by atoms with Crippen molar-refractivity contribution in [3.63, 3.8) is 0 Å². The number of amides is 1. The number of rotatable bonds is 6. The molecule has 100 valence electrons. The molecule has 0 radical (unpaired) electrons. The fourth-order valence-corrected chi connectivity index (χ4v) is 2.32. The highest BCUT2D eigenvalue weighted by Crippen LogP contribution is 2.16. The summed E-state index contributed by atoms with van der Waals surface area (Å²) >= 11 is 0. The standard InChI is InChI=1S/C13H26N2O2/c1-3-4-7-15(8-9-16)13(17)12-10-11(2)5-6-14-12/h11-12,14,16H,3-10H2,1-2H3. The molecule has 2 unspecified atom stereocenters. The minimum absolute atomic E-state index is 0.0397. The molecular formula is C13H26N2O2. The van der Waals surface area contributed by atoms with Gasteiger partial charge in [0.05, 0.1) is 12.6 Å². The van der Waals surface area contributed by atoms with Gasteiger partial charge in [0.1, 0.15) is 0 Å². The molecule has 0 saturated carbocycles. The first-order valence-corrected chi connectivity index (χ1v) is 6.82. The number of hydrogen-bond donors (Lipinski definition) is 2. The van der Waals surface area contributed by atoms with E-state index in [-0.39, 0.29) is 18.6 Å². The lowest BCUT2D eigenvalue weighted by Crippen LogP contribution is -2.50. The van der Waals surface area contributed by atoms with Crippen LogP contribution >= 0.6 is 0 Å². The van der Waals surface area contributed by atoms with Crippen molar-refractivity contribution in [2.24, 2.45) is 5.92 Å². The Balaban J connectivity index is 2.50. The number of piperidine rings is 1. The number of hydrogen-bond acceptors (Lipinski definition) is 3. The van der Waals surface area contributed by atoms with Crippen LogP contribution in [-0.2, 0) is 4.79 Å². The van der Waals surface area contributed by atoms with Crippen molar-refractivity contribution in [3.05, 3.63) is 0 Å². The van der Waals surface area contributed by atoms with Gasteiger partial charge < -0.3 is 15.3 Å². The maximum Gasteiger partial charge on any atom is 0.239 e. The Hall–Kier alpha value is -0.610. The second-order valence-electron chi connectivity index (χ2n) is 5.04. The smallest absolute Gasteiger partial charge is 0.239 e. The summed E-state index contributed by atoms with van der Waals surface area (Å²) in [5, 5.41) is 12.3. The van der Waals surface area contributed by atoms with E-state index >= 15 is 0 Å². The molecule has 0 spiro atoms. The average molecular weight is 242 g/mol. The fourth-order valence-electron chi connectivity index (χ4n) is 2.32. The van der Waals surface area contributed by atoms with Crippen LogP contribution in [-0.4, -0.2) is 48.2 Å². The predicted octanol–water partition coefficient (Wildman–Crippen LogP) is 0.996. The van der Waals surface area contributed by atoms with Gasteiger partial charge in [-0.3, -0.25) is 4.79 Å². The van der Waals surface area contributed by atoms with Gasteiger partial charge in [-0.1, -0.05) is 20.3 Å². The molecule has 4 heteroatoms. The first-order valence-electron chi connectivity index (χ1n) is 6.82. The Kier molecular flexibility index (Phi) is 6.52. The summed E-state index contributed by atoms with van der Waals surface area (Å²) in [5.74, 6) is 0.784. The van der Waals surface area contributed by atoms with Crippen LogP contribution in [0.25, 0.3) is 0 Å². The molecule has 0 bridgehead atoms. The first-order chi connectivity index (χ1) is 8.19. The minimum atomic E-state index is -0.0397. The summed E-state index contributed by atoms with van der Waals surface area (Å²) in [6.45, 7) is 6.52. The number of carbonyl (C=O) groups excluding carboxylic acids is 1. The molecule has 17 heavy (non-hydrogen) atoms. The quantitative estimate of drug-likeness (QED) is 0.730. The molecule has 2 atom stereocenters. The van der Waals surface area contributed by atoms with Gasteiger partial charge >= 0.3 is 0 Å². The van der Waals surface area contributed by atoms with Crippen LogP contribution < -0.4 is 5.32 Å². The Morgan fingerprint density at radius 2 is 2.24 bits per heavy atom. The molecule has 4 nitrogen and oxygen atoms in total. The zero-order valence-corrected chi connectivity index (χ0v) is 11.1. The SMILES string of the molecule is CCCCN(CCO)C(=O)C1CC(C)CCN1. The highest BCUT2D eigenvalue weighted by atomic mass is 16.3. The van der Waals surface area contributed by atoms with Crippen molar-refractivity contribution >= 4 is 5.91 Å². The number of nitrogens with one attached hydrogen (secondary N) is 1. The van der Waals surface area contributed by atoms with Crippen molar-refractivity contribution in [3.8, 4) is 0 Å². The van der Waals surface area contributed by atoms with Crippen LogP contribution in [0.3, 0.4) is 0 Å². The number of aliphatic hydroxyl groups excluding tert-OH is 1. The summed E-state index contributed by atoms with van der Waals surface area (Å²) in [4.78, 5) is 14.1. The zero-order valence-electron chi connectivity index (χ0n) is 11.1. The van der Waals surface area contributed by atoms with Crippen molar-refractivity contribution in [1.82, 2.24) is 10.2 Å². The molecule has 1 aliphatic rings. The van der Waals surface area contributed by atoms with Crippen molar-refractivity contribution < 1.29 is 9.90 Å². The maximum absolute atomic E-state index is 12.3. The molecule has 1 amide bonds. The second-order valence-corrected chi connectivity index (χ2v) is 5.04. The van der Waals surface area contributed by atoms with Crippen molar-refractivity contribution in [2.45, 2.75) is 45.6 Å². The highest BCUT2D eigenvalue weighted by molar-refractivity contribution is 5.82. The van der Waals surface area contributed by atoms with E-state index in [1.54, 1.807) is 4.90 Å². The molecule has 0 aromatic rings. The lowest BCUT2D eigenvalue weighted by Gasteiger charge is -2.32. The number of carbonyl (C=O) groups is 1. The molecule has 2 N–H and O–H groups in total. The lowest BCUT2D eigenvalue weighted by atomic mass is 9.93. The van der Waals surface area contributed by atoms with Gasteiger partial charge in [0.2, 0.25) is 5.91 Å². The Bertz CT molecular complexity index is 233. The van der Waals surface area contributed by atoms with Gasteiger partial charge in [-0.2, -0.15) is 0 Å². The molecule has 0 aromatic heterocycles. The van der Waals surface area contributed by atoms with E-state index in [0.717, 1.165) is 38.8 Å². The van der Waals surface area contributed by atoms with Crippen LogP contribution in [0.2, 0.25) is 0 Å². The summed E-state index contributed by atoms with van der Waals surface area (Å²) in [6.07, 6.45) is 4.16. The van der Waals surface area contributed by atoms with E-state index in [1.165, 1.54) is 0 Å². The zero-order chi connectivity index (χ0) is 12.7. The van der Waals surface area contributed by atoms with Gasteiger partial charge in [0.25, 0.3) is 0 Å². The minimum Gasteiger partial charge on any atom is -0.395 e. The van der Waals surface area contributed by atoms with Crippen LogP contribution in [0.15, 0.2) is 0 Å². The molecule has 0 aliphatic carbocycles. The van der Waals surface area contributed by atoms with Gasteiger partial charge in [-0.15, -0.1) is 0 Å². The van der Waals surface area contributed by atoms with Gasteiger partial charge in [-0.25, -0.2) is 0 Å². The molecular weight excluding hydrogens is 216 g/mol. The molecule has 1 aliphatic heterocycles. The van der Waals surface area contributed by atoms with Crippen LogP contribution in [0.4, 0.5) is 0 Å². The summed E-state index contributed by atoms with van der Waals surface area (Å²) in [6, 6.07) is -0.0397. The van der Waals surface area contributed by atoms with Crippen LogP contribution in [0.1, 0.15) is 39.5 Å². The molecule has 1 fully saturated rings.